The molecule has 0 saturated heterocycles. The molecular weight excluding hydrogens is 392 g/mol. The maximum atomic E-state index is 13.3. The van der Waals surface area contributed by atoms with Gasteiger partial charge in [-0.3, -0.25) is 8.98 Å². The third kappa shape index (κ3) is 4.28. The van der Waals surface area contributed by atoms with Crippen molar-refractivity contribution in [3.8, 4) is 5.75 Å². The molecule has 3 rings (SSSR count). The number of methoxy groups -OCH3 is 1. The number of amides is 1. The summed E-state index contributed by atoms with van der Waals surface area (Å²) in [4.78, 5) is 15.2. The molecule has 1 heterocycles. The fourth-order valence-electron chi connectivity index (χ4n) is 4.42. The summed E-state index contributed by atoms with van der Waals surface area (Å²) >= 11 is 0. The highest BCUT2D eigenvalue weighted by atomic mass is 32.2. The van der Waals surface area contributed by atoms with E-state index in [1.807, 2.05) is 36.9 Å². The zero-order chi connectivity index (χ0) is 21.2. The fraction of sp³-hybridized carbons (Fsp3) is 0.571. The lowest BCUT2D eigenvalue weighted by Gasteiger charge is -2.29. The van der Waals surface area contributed by atoms with Crippen LogP contribution in [0.1, 0.15) is 43.9 Å². The standard InChI is InChI=1S/C21H30N2O5S/c1-5-22(6-2)21(24)15-9-7-10-16-19(15)20-17(11-8-12-18(20)27-3)23(16)13-14-28-29(4,25)26/h8,11-12,15H,5-7,9-10,13-14H2,1-4H3. The van der Waals surface area contributed by atoms with Crippen LogP contribution in [0.3, 0.4) is 0 Å². The van der Waals surface area contributed by atoms with Crippen LogP contribution in [0.5, 0.6) is 5.75 Å². The smallest absolute Gasteiger partial charge is 0.264 e. The molecule has 0 spiro atoms. The SMILES string of the molecule is CCN(CC)C(=O)C1CCCc2c1c1c(OC)cccc1n2CCOS(C)(=O)=O. The van der Waals surface area contributed by atoms with Crippen LogP contribution in [0, 0.1) is 0 Å². The first-order valence-corrected chi connectivity index (χ1v) is 11.9. The van der Waals surface area contributed by atoms with Crippen LogP contribution in [0.25, 0.3) is 10.9 Å². The summed E-state index contributed by atoms with van der Waals surface area (Å²) in [6.07, 6.45) is 3.61. The molecular formula is C21H30N2O5S. The Bertz CT molecular complexity index is 992. The minimum atomic E-state index is -3.51. The number of rotatable bonds is 8. The van der Waals surface area contributed by atoms with Gasteiger partial charge >= 0.3 is 0 Å². The first kappa shape index (κ1) is 21.6. The van der Waals surface area contributed by atoms with Crippen LogP contribution in [-0.2, 0) is 32.1 Å². The zero-order valence-electron chi connectivity index (χ0n) is 17.6. The minimum Gasteiger partial charge on any atom is -0.496 e. The molecule has 2 aromatic rings. The third-order valence-electron chi connectivity index (χ3n) is 5.66. The highest BCUT2D eigenvalue weighted by molar-refractivity contribution is 7.85. The van der Waals surface area contributed by atoms with Crippen molar-refractivity contribution in [1.82, 2.24) is 9.47 Å². The average molecular weight is 423 g/mol. The predicted octanol–water partition coefficient (Wildman–Crippen LogP) is 2.91. The Morgan fingerprint density at radius 3 is 2.62 bits per heavy atom. The summed E-state index contributed by atoms with van der Waals surface area (Å²) in [5.41, 5.74) is 3.06. The van der Waals surface area contributed by atoms with E-state index in [1.165, 1.54) is 0 Å². The Balaban J connectivity index is 2.13. The summed E-state index contributed by atoms with van der Waals surface area (Å²) < 4.78 is 35.5. The van der Waals surface area contributed by atoms with Gasteiger partial charge in [0.1, 0.15) is 5.75 Å². The molecule has 7 nitrogen and oxygen atoms in total. The largest absolute Gasteiger partial charge is 0.496 e. The zero-order valence-corrected chi connectivity index (χ0v) is 18.4. The van der Waals surface area contributed by atoms with E-state index in [2.05, 4.69) is 4.57 Å². The number of aromatic nitrogens is 1. The maximum Gasteiger partial charge on any atom is 0.264 e. The lowest BCUT2D eigenvalue weighted by atomic mass is 9.84. The summed E-state index contributed by atoms with van der Waals surface area (Å²) in [5.74, 6) is 0.670. The number of fused-ring (bicyclic) bond motifs is 3. The highest BCUT2D eigenvalue weighted by Gasteiger charge is 2.34. The van der Waals surface area contributed by atoms with E-state index in [9.17, 15) is 13.2 Å². The van der Waals surface area contributed by atoms with Gasteiger partial charge in [0.25, 0.3) is 10.1 Å². The first-order chi connectivity index (χ1) is 13.8. The van der Waals surface area contributed by atoms with Crippen LogP contribution in [0.4, 0.5) is 0 Å². The van der Waals surface area contributed by atoms with Crippen molar-refractivity contribution < 1.29 is 22.1 Å². The van der Waals surface area contributed by atoms with Crippen LogP contribution in [0.2, 0.25) is 0 Å². The van der Waals surface area contributed by atoms with E-state index in [-0.39, 0.29) is 18.4 Å². The maximum absolute atomic E-state index is 13.3. The first-order valence-electron chi connectivity index (χ1n) is 10.1. The second-order valence-electron chi connectivity index (χ2n) is 7.35. The molecule has 29 heavy (non-hydrogen) atoms. The van der Waals surface area contributed by atoms with Gasteiger partial charge < -0.3 is 14.2 Å². The minimum absolute atomic E-state index is 0.0565. The van der Waals surface area contributed by atoms with Crippen molar-refractivity contribution >= 4 is 26.9 Å². The summed E-state index contributed by atoms with van der Waals surface area (Å²) in [6, 6.07) is 5.82. The number of nitrogens with zero attached hydrogens (tertiary/aromatic N) is 2. The molecule has 1 aliphatic rings. The molecule has 1 aromatic heterocycles. The van der Waals surface area contributed by atoms with Crippen molar-refractivity contribution in [3.63, 3.8) is 0 Å². The summed E-state index contributed by atoms with van der Waals surface area (Å²) in [6.45, 7) is 5.81. The van der Waals surface area contributed by atoms with Crippen molar-refractivity contribution in [3.05, 3.63) is 29.5 Å². The Morgan fingerprint density at radius 1 is 1.28 bits per heavy atom. The fourth-order valence-corrected chi connectivity index (χ4v) is 4.80. The topological polar surface area (TPSA) is 77.8 Å². The molecule has 0 aliphatic heterocycles. The van der Waals surface area contributed by atoms with Crippen molar-refractivity contribution in [2.24, 2.45) is 0 Å². The molecule has 0 saturated carbocycles. The molecule has 0 fully saturated rings. The molecule has 0 bridgehead atoms. The number of hydrogen-bond donors (Lipinski definition) is 0. The molecule has 8 heteroatoms. The van der Waals surface area contributed by atoms with Crippen LogP contribution >= 0.6 is 0 Å². The number of benzene rings is 1. The monoisotopic (exact) mass is 422 g/mol. The number of hydrogen-bond acceptors (Lipinski definition) is 5. The molecule has 1 aliphatic carbocycles. The number of carbonyl (C=O) groups is 1. The number of carbonyl (C=O) groups excluding carboxylic acids is 1. The Labute approximate surface area is 172 Å². The lowest BCUT2D eigenvalue weighted by molar-refractivity contribution is -0.132. The quantitative estimate of drug-likeness (QED) is 0.611. The van der Waals surface area contributed by atoms with Crippen molar-refractivity contribution in [2.75, 3.05) is 33.1 Å². The predicted molar refractivity (Wildman–Crippen MR) is 113 cm³/mol. The Morgan fingerprint density at radius 2 is 2.00 bits per heavy atom. The van der Waals surface area contributed by atoms with E-state index in [0.717, 1.165) is 53.4 Å². The molecule has 1 unspecified atom stereocenters. The van der Waals surface area contributed by atoms with Gasteiger partial charge in [0.2, 0.25) is 5.91 Å². The van der Waals surface area contributed by atoms with Gasteiger partial charge in [-0.1, -0.05) is 6.07 Å². The summed E-state index contributed by atoms with van der Waals surface area (Å²) in [5, 5.41) is 0.953. The van der Waals surface area contributed by atoms with Gasteiger partial charge in [0.15, 0.2) is 0 Å². The van der Waals surface area contributed by atoms with E-state index < -0.39 is 10.1 Å². The van der Waals surface area contributed by atoms with E-state index >= 15 is 0 Å². The highest BCUT2D eigenvalue weighted by Crippen LogP contribution is 2.43. The van der Waals surface area contributed by atoms with Gasteiger partial charge in [-0.2, -0.15) is 8.42 Å². The lowest BCUT2D eigenvalue weighted by Crippen LogP contribution is -2.36. The van der Waals surface area contributed by atoms with Crippen LogP contribution in [0.15, 0.2) is 18.2 Å². The van der Waals surface area contributed by atoms with Crippen molar-refractivity contribution in [2.45, 2.75) is 45.6 Å². The second kappa shape index (κ2) is 8.75. The van der Waals surface area contributed by atoms with Crippen LogP contribution in [-0.4, -0.2) is 56.9 Å². The van der Waals surface area contributed by atoms with Gasteiger partial charge in [-0.25, -0.2) is 0 Å². The van der Waals surface area contributed by atoms with Crippen molar-refractivity contribution in [1.29, 1.82) is 0 Å². The Hall–Kier alpha value is -2.06. The number of ether oxygens (including phenoxy) is 1. The molecule has 1 atom stereocenters. The van der Waals surface area contributed by atoms with Gasteiger partial charge in [0, 0.05) is 30.7 Å². The normalized spacial score (nSPS) is 16.6. The van der Waals surface area contributed by atoms with E-state index in [1.54, 1.807) is 7.11 Å². The van der Waals surface area contributed by atoms with Gasteiger partial charge in [-0.05, 0) is 50.8 Å². The number of likely N-dealkylation sites (N-methyl/N-ethyl adjacent to an activating group) is 1. The van der Waals surface area contributed by atoms with E-state index in [4.69, 9.17) is 8.92 Å². The molecule has 1 aromatic carbocycles. The summed E-state index contributed by atoms with van der Waals surface area (Å²) in [7, 11) is -1.87. The Kier molecular flexibility index (Phi) is 6.53. The van der Waals surface area contributed by atoms with Gasteiger partial charge in [0.05, 0.1) is 31.4 Å². The molecule has 160 valence electrons. The third-order valence-corrected chi connectivity index (χ3v) is 6.26. The molecule has 1 amide bonds. The van der Waals surface area contributed by atoms with E-state index in [0.29, 0.717) is 19.6 Å². The average Bonchev–Trinajstić information content (AvgIpc) is 3.02. The second-order valence-corrected chi connectivity index (χ2v) is 8.99. The molecule has 0 radical (unpaired) electrons. The molecule has 0 N–H and O–H groups in total. The van der Waals surface area contributed by atoms with Gasteiger partial charge in [-0.15, -0.1) is 0 Å². The van der Waals surface area contributed by atoms with Crippen LogP contribution < -0.4 is 4.74 Å².